The molecule has 0 atom stereocenters. The lowest BCUT2D eigenvalue weighted by molar-refractivity contribution is -0.132. The molecule has 0 radical (unpaired) electrons. The first kappa shape index (κ1) is 17.8. The summed E-state index contributed by atoms with van der Waals surface area (Å²) in [5, 5.41) is 8.12. The summed E-state index contributed by atoms with van der Waals surface area (Å²) in [7, 11) is 0. The standard InChI is InChI=1S/C16H13Cl2N3O3/c1-9(22)19-12-2-4-13(5-3-12)20-15(23)16(24)21-14-7-10(17)6-11(18)8-14/h2-8H,1H3,(H,19,22)(H,20,23)(H,21,24). The molecule has 8 heteroatoms. The highest BCUT2D eigenvalue weighted by atomic mass is 35.5. The van der Waals surface area contributed by atoms with Crippen molar-refractivity contribution in [2.45, 2.75) is 6.92 Å². The van der Waals surface area contributed by atoms with Gasteiger partial charge in [-0.3, -0.25) is 14.4 Å². The molecule has 124 valence electrons. The lowest BCUT2D eigenvalue weighted by Gasteiger charge is -2.08. The van der Waals surface area contributed by atoms with E-state index in [1.54, 1.807) is 24.3 Å². The summed E-state index contributed by atoms with van der Waals surface area (Å²) in [5.41, 5.74) is 1.31. The smallest absolute Gasteiger partial charge is 0.314 e. The highest BCUT2D eigenvalue weighted by Gasteiger charge is 2.14. The molecule has 0 bridgehead atoms. The highest BCUT2D eigenvalue weighted by Crippen LogP contribution is 2.22. The Labute approximate surface area is 148 Å². The van der Waals surface area contributed by atoms with E-state index in [4.69, 9.17) is 23.2 Å². The molecule has 0 spiro atoms. The molecule has 2 aromatic rings. The summed E-state index contributed by atoms with van der Waals surface area (Å²) < 4.78 is 0. The Morgan fingerprint density at radius 1 is 0.708 bits per heavy atom. The van der Waals surface area contributed by atoms with Gasteiger partial charge in [0, 0.05) is 34.0 Å². The molecular formula is C16H13Cl2N3O3. The average molecular weight is 366 g/mol. The van der Waals surface area contributed by atoms with E-state index in [0.717, 1.165) is 0 Å². The van der Waals surface area contributed by atoms with Crippen LogP contribution in [-0.2, 0) is 14.4 Å². The Morgan fingerprint density at radius 3 is 1.58 bits per heavy atom. The number of amides is 3. The van der Waals surface area contributed by atoms with Gasteiger partial charge in [-0.15, -0.1) is 0 Å². The number of carbonyl (C=O) groups is 3. The van der Waals surface area contributed by atoms with Crippen LogP contribution in [0.15, 0.2) is 42.5 Å². The molecule has 0 fully saturated rings. The monoisotopic (exact) mass is 365 g/mol. The zero-order valence-electron chi connectivity index (χ0n) is 12.5. The van der Waals surface area contributed by atoms with Gasteiger partial charge in [-0.25, -0.2) is 0 Å². The third-order valence-corrected chi connectivity index (χ3v) is 3.23. The van der Waals surface area contributed by atoms with Crippen LogP contribution in [-0.4, -0.2) is 17.7 Å². The summed E-state index contributed by atoms with van der Waals surface area (Å²) in [4.78, 5) is 34.7. The normalized spacial score (nSPS) is 9.96. The molecule has 6 nitrogen and oxygen atoms in total. The summed E-state index contributed by atoms with van der Waals surface area (Å²) in [5.74, 6) is -1.91. The number of hydrogen-bond donors (Lipinski definition) is 3. The van der Waals surface area contributed by atoms with Crippen molar-refractivity contribution in [2.75, 3.05) is 16.0 Å². The summed E-state index contributed by atoms with van der Waals surface area (Å²) >= 11 is 11.7. The van der Waals surface area contributed by atoms with E-state index < -0.39 is 11.8 Å². The van der Waals surface area contributed by atoms with Crippen LogP contribution in [0.3, 0.4) is 0 Å². The van der Waals surface area contributed by atoms with Crippen molar-refractivity contribution in [3.05, 3.63) is 52.5 Å². The lowest BCUT2D eigenvalue weighted by Crippen LogP contribution is -2.29. The van der Waals surface area contributed by atoms with Gasteiger partial charge >= 0.3 is 11.8 Å². The van der Waals surface area contributed by atoms with Crippen LogP contribution in [0, 0.1) is 0 Å². The Balaban J connectivity index is 1.98. The van der Waals surface area contributed by atoms with E-state index in [-0.39, 0.29) is 5.91 Å². The van der Waals surface area contributed by atoms with Gasteiger partial charge in [-0.2, -0.15) is 0 Å². The lowest BCUT2D eigenvalue weighted by atomic mass is 10.2. The van der Waals surface area contributed by atoms with Crippen LogP contribution >= 0.6 is 23.2 Å². The second kappa shape index (κ2) is 7.81. The van der Waals surface area contributed by atoms with Crippen LogP contribution in [0.1, 0.15) is 6.92 Å². The largest absolute Gasteiger partial charge is 0.326 e. The number of benzene rings is 2. The Hall–Kier alpha value is -2.57. The van der Waals surface area contributed by atoms with Crippen molar-refractivity contribution >= 4 is 58.0 Å². The van der Waals surface area contributed by atoms with Crippen molar-refractivity contribution in [3.8, 4) is 0 Å². The van der Waals surface area contributed by atoms with Crippen molar-refractivity contribution in [3.63, 3.8) is 0 Å². The first-order valence-corrected chi connectivity index (χ1v) is 7.55. The molecule has 0 saturated carbocycles. The molecule has 0 aromatic heterocycles. The third kappa shape index (κ3) is 5.26. The van der Waals surface area contributed by atoms with Gasteiger partial charge in [0.1, 0.15) is 0 Å². The van der Waals surface area contributed by atoms with Gasteiger partial charge in [-0.1, -0.05) is 23.2 Å². The number of nitrogens with one attached hydrogen (secondary N) is 3. The minimum absolute atomic E-state index is 0.202. The van der Waals surface area contributed by atoms with E-state index in [1.807, 2.05) is 0 Å². The van der Waals surface area contributed by atoms with Crippen molar-refractivity contribution < 1.29 is 14.4 Å². The van der Waals surface area contributed by atoms with Crippen molar-refractivity contribution in [1.82, 2.24) is 0 Å². The van der Waals surface area contributed by atoms with Crippen LogP contribution in [0.25, 0.3) is 0 Å². The first-order chi connectivity index (χ1) is 11.3. The molecule has 0 aliphatic heterocycles. The van der Waals surface area contributed by atoms with Crippen LogP contribution in [0.4, 0.5) is 17.1 Å². The SMILES string of the molecule is CC(=O)Nc1ccc(NC(=O)C(=O)Nc2cc(Cl)cc(Cl)c2)cc1. The van der Waals surface area contributed by atoms with E-state index in [1.165, 1.54) is 25.1 Å². The molecule has 24 heavy (non-hydrogen) atoms. The van der Waals surface area contributed by atoms with E-state index in [2.05, 4.69) is 16.0 Å². The molecule has 0 saturated heterocycles. The van der Waals surface area contributed by atoms with Crippen LogP contribution in [0.2, 0.25) is 10.0 Å². The van der Waals surface area contributed by atoms with E-state index >= 15 is 0 Å². The molecule has 0 unspecified atom stereocenters. The van der Waals surface area contributed by atoms with Crippen LogP contribution < -0.4 is 16.0 Å². The molecule has 0 aliphatic rings. The second-order valence-electron chi connectivity index (χ2n) is 4.82. The Bertz CT molecular complexity index is 771. The quantitative estimate of drug-likeness (QED) is 0.727. The summed E-state index contributed by atoms with van der Waals surface area (Å²) in [6.45, 7) is 1.39. The van der Waals surface area contributed by atoms with Gasteiger partial charge in [0.15, 0.2) is 0 Å². The number of halogens is 2. The number of carbonyl (C=O) groups excluding carboxylic acids is 3. The Kier molecular flexibility index (Phi) is 5.78. The maximum absolute atomic E-state index is 11.9. The molecule has 2 rings (SSSR count). The molecule has 3 amide bonds. The van der Waals surface area contributed by atoms with Crippen LogP contribution in [0.5, 0.6) is 0 Å². The number of rotatable bonds is 3. The van der Waals surface area contributed by atoms with Gasteiger partial charge < -0.3 is 16.0 Å². The predicted octanol–water partition coefficient (Wildman–Crippen LogP) is 3.53. The minimum Gasteiger partial charge on any atom is -0.326 e. The Morgan fingerprint density at radius 2 is 1.12 bits per heavy atom. The maximum Gasteiger partial charge on any atom is 0.314 e. The fourth-order valence-corrected chi connectivity index (χ4v) is 2.37. The van der Waals surface area contributed by atoms with Gasteiger partial charge in [0.05, 0.1) is 0 Å². The summed E-state index contributed by atoms with van der Waals surface area (Å²) in [6.07, 6.45) is 0. The second-order valence-corrected chi connectivity index (χ2v) is 5.70. The third-order valence-electron chi connectivity index (χ3n) is 2.79. The zero-order valence-corrected chi connectivity index (χ0v) is 14.0. The van der Waals surface area contributed by atoms with Gasteiger partial charge in [0.25, 0.3) is 0 Å². The topological polar surface area (TPSA) is 87.3 Å². The summed E-state index contributed by atoms with van der Waals surface area (Å²) in [6, 6.07) is 10.8. The fraction of sp³-hybridized carbons (Fsp3) is 0.0625. The molecule has 0 aliphatic carbocycles. The fourth-order valence-electron chi connectivity index (χ4n) is 1.84. The molecular weight excluding hydrogens is 353 g/mol. The zero-order chi connectivity index (χ0) is 17.7. The van der Waals surface area contributed by atoms with E-state index in [0.29, 0.717) is 27.1 Å². The van der Waals surface area contributed by atoms with Crippen molar-refractivity contribution in [2.24, 2.45) is 0 Å². The first-order valence-electron chi connectivity index (χ1n) is 6.79. The number of anilines is 3. The van der Waals surface area contributed by atoms with Crippen molar-refractivity contribution in [1.29, 1.82) is 0 Å². The minimum atomic E-state index is -0.862. The van der Waals surface area contributed by atoms with Gasteiger partial charge in [0.2, 0.25) is 5.91 Å². The molecule has 0 heterocycles. The molecule has 3 N–H and O–H groups in total. The maximum atomic E-state index is 11.9. The van der Waals surface area contributed by atoms with Gasteiger partial charge in [-0.05, 0) is 42.5 Å². The average Bonchev–Trinajstić information content (AvgIpc) is 2.47. The molecule has 2 aromatic carbocycles. The van der Waals surface area contributed by atoms with E-state index in [9.17, 15) is 14.4 Å². The number of hydrogen-bond acceptors (Lipinski definition) is 3. The predicted molar refractivity (Wildman–Crippen MR) is 94.5 cm³/mol. The highest BCUT2D eigenvalue weighted by molar-refractivity contribution is 6.44.